The van der Waals surface area contributed by atoms with Gasteiger partial charge in [0, 0.05) is 39.3 Å². The first kappa shape index (κ1) is 21.4. The van der Waals surface area contributed by atoms with Crippen LogP contribution in [0.25, 0.3) is 0 Å². The Labute approximate surface area is 181 Å². The summed E-state index contributed by atoms with van der Waals surface area (Å²) in [6, 6.07) is 10.0. The molecule has 4 rings (SSSR count). The Bertz CT molecular complexity index is 700. The summed E-state index contributed by atoms with van der Waals surface area (Å²) in [6.45, 7) is 7.23. The van der Waals surface area contributed by atoms with E-state index < -0.39 is 0 Å². The molecular weight excluding hydrogens is 374 g/mol. The van der Waals surface area contributed by atoms with Crippen molar-refractivity contribution < 1.29 is 9.59 Å². The number of piperazine rings is 1. The fourth-order valence-corrected chi connectivity index (χ4v) is 5.48. The normalized spacial score (nSPS) is 23.0. The predicted molar refractivity (Wildman–Crippen MR) is 119 cm³/mol. The summed E-state index contributed by atoms with van der Waals surface area (Å²) < 4.78 is 0. The second-order valence-corrected chi connectivity index (χ2v) is 9.58. The standard InChI is InChI=1S/C25H37N3O2/c1-20-11-13-28(14-12-20)25(30)24(22-9-5-6-10-22)27-17-15-26(16-18-27)23(29)19-21-7-3-2-4-8-21/h2-4,7-8,20,22,24H,5-6,9-19H2,1H3. The van der Waals surface area contributed by atoms with Crippen molar-refractivity contribution in [1.82, 2.24) is 14.7 Å². The fraction of sp³-hybridized carbons (Fsp3) is 0.680. The van der Waals surface area contributed by atoms with E-state index in [2.05, 4.69) is 16.7 Å². The van der Waals surface area contributed by atoms with Gasteiger partial charge in [-0.05, 0) is 43.1 Å². The lowest BCUT2D eigenvalue weighted by Crippen LogP contribution is -2.59. The summed E-state index contributed by atoms with van der Waals surface area (Å²) >= 11 is 0. The van der Waals surface area contributed by atoms with Crippen LogP contribution in [0.1, 0.15) is 51.0 Å². The van der Waals surface area contributed by atoms with Gasteiger partial charge in [0.2, 0.25) is 11.8 Å². The quantitative estimate of drug-likeness (QED) is 0.747. The van der Waals surface area contributed by atoms with Crippen molar-refractivity contribution in [1.29, 1.82) is 0 Å². The van der Waals surface area contributed by atoms with Crippen molar-refractivity contribution in [2.24, 2.45) is 11.8 Å². The molecule has 30 heavy (non-hydrogen) atoms. The van der Waals surface area contributed by atoms with Gasteiger partial charge in [-0.1, -0.05) is 50.1 Å². The zero-order valence-corrected chi connectivity index (χ0v) is 18.5. The topological polar surface area (TPSA) is 43.9 Å². The van der Waals surface area contributed by atoms with Crippen molar-refractivity contribution >= 4 is 11.8 Å². The van der Waals surface area contributed by atoms with Crippen LogP contribution in [-0.4, -0.2) is 71.8 Å². The van der Waals surface area contributed by atoms with Crippen LogP contribution < -0.4 is 0 Å². The van der Waals surface area contributed by atoms with Crippen LogP contribution >= 0.6 is 0 Å². The van der Waals surface area contributed by atoms with E-state index in [0.717, 1.165) is 63.6 Å². The van der Waals surface area contributed by atoms with Crippen LogP contribution in [0.2, 0.25) is 0 Å². The van der Waals surface area contributed by atoms with Gasteiger partial charge >= 0.3 is 0 Å². The van der Waals surface area contributed by atoms with E-state index in [-0.39, 0.29) is 11.9 Å². The van der Waals surface area contributed by atoms with Crippen LogP contribution in [0, 0.1) is 11.8 Å². The highest BCUT2D eigenvalue weighted by molar-refractivity contribution is 5.82. The van der Waals surface area contributed by atoms with Crippen molar-refractivity contribution in [3.05, 3.63) is 35.9 Å². The van der Waals surface area contributed by atoms with Crippen LogP contribution in [0.4, 0.5) is 0 Å². The Morgan fingerprint density at radius 2 is 1.50 bits per heavy atom. The number of carbonyl (C=O) groups excluding carboxylic acids is 2. The molecule has 5 heteroatoms. The molecule has 2 amide bonds. The van der Waals surface area contributed by atoms with Crippen LogP contribution in [-0.2, 0) is 16.0 Å². The zero-order valence-electron chi connectivity index (χ0n) is 18.5. The van der Waals surface area contributed by atoms with Crippen LogP contribution in [0.5, 0.6) is 0 Å². The summed E-state index contributed by atoms with van der Waals surface area (Å²) in [5, 5.41) is 0. The molecule has 0 aromatic heterocycles. The molecule has 2 saturated heterocycles. The first-order valence-electron chi connectivity index (χ1n) is 12.0. The lowest BCUT2D eigenvalue weighted by Gasteiger charge is -2.43. The number of hydrogen-bond donors (Lipinski definition) is 0. The van der Waals surface area contributed by atoms with Crippen molar-refractivity contribution in [2.75, 3.05) is 39.3 Å². The Morgan fingerprint density at radius 1 is 0.867 bits per heavy atom. The maximum Gasteiger partial charge on any atom is 0.240 e. The maximum atomic E-state index is 13.6. The smallest absolute Gasteiger partial charge is 0.240 e. The van der Waals surface area contributed by atoms with Crippen LogP contribution in [0.3, 0.4) is 0 Å². The van der Waals surface area contributed by atoms with E-state index in [1.54, 1.807) is 0 Å². The molecule has 1 aromatic rings. The molecule has 0 radical (unpaired) electrons. The second-order valence-electron chi connectivity index (χ2n) is 9.58. The van der Waals surface area contributed by atoms with E-state index in [4.69, 9.17) is 0 Å². The van der Waals surface area contributed by atoms with E-state index in [1.807, 2.05) is 35.2 Å². The molecule has 1 saturated carbocycles. The molecule has 1 aromatic carbocycles. The van der Waals surface area contributed by atoms with E-state index in [9.17, 15) is 9.59 Å². The molecule has 2 heterocycles. The largest absolute Gasteiger partial charge is 0.341 e. The number of likely N-dealkylation sites (tertiary alicyclic amines) is 1. The molecular formula is C25H37N3O2. The number of piperidine rings is 1. The molecule has 0 bridgehead atoms. The van der Waals surface area contributed by atoms with E-state index >= 15 is 0 Å². The van der Waals surface area contributed by atoms with Crippen molar-refractivity contribution in [3.8, 4) is 0 Å². The monoisotopic (exact) mass is 411 g/mol. The van der Waals surface area contributed by atoms with E-state index in [0.29, 0.717) is 18.2 Å². The number of hydrogen-bond acceptors (Lipinski definition) is 3. The number of carbonyl (C=O) groups is 2. The molecule has 1 aliphatic carbocycles. The van der Waals surface area contributed by atoms with Gasteiger partial charge in [0.25, 0.3) is 0 Å². The van der Waals surface area contributed by atoms with Gasteiger partial charge in [-0.25, -0.2) is 0 Å². The lowest BCUT2D eigenvalue weighted by atomic mass is 9.92. The highest BCUT2D eigenvalue weighted by Crippen LogP contribution is 2.32. The predicted octanol–water partition coefficient (Wildman–Crippen LogP) is 3.19. The Morgan fingerprint density at radius 3 is 2.13 bits per heavy atom. The maximum absolute atomic E-state index is 13.6. The van der Waals surface area contributed by atoms with Crippen LogP contribution in [0.15, 0.2) is 30.3 Å². The minimum absolute atomic E-state index is 0.0206. The Balaban J connectivity index is 1.37. The highest BCUT2D eigenvalue weighted by atomic mass is 16.2. The van der Waals surface area contributed by atoms with Gasteiger partial charge in [-0.3, -0.25) is 14.5 Å². The summed E-state index contributed by atoms with van der Waals surface area (Å²) in [5.74, 6) is 1.79. The van der Waals surface area contributed by atoms with Gasteiger partial charge < -0.3 is 9.80 Å². The minimum atomic E-state index is 0.0206. The SMILES string of the molecule is CC1CCN(C(=O)C(C2CCCC2)N2CCN(C(=O)Cc3ccccc3)CC2)CC1. The number of rotatable bonds is 5. The summed E-state index contributed by atoms with van der Waals surface area (Å²) in [6.07, 6.45) is 7.58. The molecule has 164 valence electrons. The zero-order chi connectivity index (χ0) is 20.9. The fourth-order valence-electron chi connectivity index (χ4n) is 5.48. The Hall–Kier alpha value is -1.88. The molecule has 1 atom stereocenters. The lowest BCUT2D eigenvalue weighted by molar-refractivity contribution is -0.142. The third kappa shape index (κ3) is 5.05. The number of benzene rings is 1. The van der Waals surface area contributed by atoms with Crippen molar-refractivity contribution in [2.45, 2.75) is 57.9 Å². The highest BCUT2D eigenvalue weighted by Gasteiger charge is 2.39. The average Bonchev–Trinajstić information content (AvgIpc) is 3.30. The first-order chi connectivity index (χ1) is 14.6. The van der Waals surface area contributed by atoms with Gasteiger partial charge in [-0.15, -0.1) is 0 Å². The molecule has 1 unspecified atom stereocenters. The number of amides is 2. The number of nitrogens with zero attached hydrogens (tertiary/aromatic N) is 3. The Kier molecular flexibility index (Phi) is 7.08. The molecule has 0 N–H and O–H groups in total. The third-order valence-corrected chi connectivity index (χ3v) is 7.45. The molecule has 3 fully saturated rings. The van der Waals surface area contributed by atoms with Gasteiger partial charge in [0.05, 0.1) is 12.5 Å². The summed E-state index contributed by atoms with van der Waals surface area (Å²) in [5.41, 5.74) is 1.07. The summed E-state index contributed by atoms with van der Waals surface area (Å²) in [4.78, 5) is 32.8. The molecule has 2 aliphatic heterocycles. The second kappa shape index (κ2) is 9.95. The molecule has 0 spiro atoms. The molecule has 5 nitrogen and oxygen atoms in total. The van der Waals surface area contributed by atoms with E-state index in [1.165, 1.54) is 25.7 Å². The average molecular weight is 412 g/mol. The minimum Gasteiger partial charge on any atom is -0.341 e. The molecule has 3 aliphatic rings. The summed E-state index contributed by atoms with van der Waals surface area (Å²) in [7, 11) is 0. The van der Waals surface area contributed by atoms with Gasteiger partial charge in [0.15, 0.2) is 0 Å². The first-order valence-corrected chi connectivity index (χ1v) is 12.0. The third-order valence-electron chi connectivity index (χ3n) is 7.45. The van der Waals surface area contributed by atoms with Gasteiger partial charge in [0.1, 0.15) is 0 Å². The van der Waals surface area contributed by atoms with Crippen molar-refractivity contribution in [3.63, 3.8) is 0 Å². The van der Waals surface area contributed by atoms with Gasteiger partial charge in [-0.2, -0.15) is 0 Å².